The van der Waals surface area contributed by atoms with Gasteiger partial charge >= 0.3 is 0 Å². The van der Waals surface area contributed by atoms with Gasteiger partial charge in [-0.2, -0.15) is 4.39 Å². The molecule has 1 aromatic heterocycles. The first-order valence-electron chi connectivity index (χ1n) is 11.6. The number of pyridine rings is 1. The van der Waals surface area contributed by atoms with Gasteiger partial charge in [0.25, 0.3) is 5.91 Å². The van der Waals surface area contributed by atoms with Gasteiger partial charge in [0.2, 0.25) is 11.2 Å². The molecule has 186 valence electrons. The summed E-state index contributed by atoms with van der Waals surface area (Å²) in [4.78, 5) is 27.6. The number of carbonyl (C=O) groups is 1. The lowest BCUT2D eigenvalue weighted by Gasteiger charge is -2.46. The molecule has 1 amide bonds. The molecular weight excluding hydrogens is 468 g/mol. The van der Waals surface area contributed by atoms with Gasteiger partial charge in [-0.3, -0.25) is 19.3 Å². The Hall–Kier alpha value is -4.14. The van der Waals surface area contributed by atoms with Crippen LogP contribution in [0.3, 0.4) is 0 Å². The highest BCUT2D eigenvalue weighted by Crippen LogP contribution is 2.39. The number of fused-ring (bicyclic) bond motifs is 5. The SMILES string of the molecule is CC(C)[C@@H]1/C=C\COc2c(ccc(F)c2F)[C@@H](c2ccccc2)N2CN1C(=O)c1c(O)c(=O)ccn12. The Morgan fingerprint density at radius 2 is 1.81 bits per heavy atom. The van der Waals surface area contributed by atoms with Gasteiger partial charge in [0, 0.05) is 17.8 Å². The molecule has 0 fully saturated rings. The van der Waals surface area contributed by atoms with Crippen molar-refractivity contribution in [2.24, 2.45) is 5.92 Å². The number of hydrogen-bond acceptors (Lipinski definition) is 5. The fraction of sp³-hybridized carbons (Fsp3) is 0.259. The van der Waals surface area contributed by atoms with Crippen LogP contribution in [-0.2, 0) is 0 Å². The number of aromatic nitrogens is 1. The van der Waals surface area contributed by atoms with Crippen LogP contribution < -0.4 is 15.2 Å². The Bertz CT molecular complexity index is 1400. The predicted molar refractivity (Wildman–Crippen MR) is 130 cm³/mol. The van der Waals surface area contributed by atoms with Crippen molar-refractivity contribution in [1.29, 1.82) is 0 Å². The normalized spacial score (nSPS) is 20.3. The van der Waals surface area contributed by atoms with E-state index in [2.05, 4.69) is 0 Å². The van der Waals surface area contributed by atoms with Crippen LogP contribution in [0.5, 0.6) is 11.5 Å². The van der Waals surface area contributed by atoms with Crippen molar-refractivity contribution in [2.45, 2.75) is 25.9 Å². The Morgan fingerprint density at radius 1 is 1.06 bits per heavy atom. The van der Waals surface area contributed by atoms with E-state index in [4.69, 9.17) is 4.74 Å². The monoisotopic (exact) mass is 493 g/mol. The third-order valence-electron chi connectivity index (χ3n) is 6.58. The van der Waals surface area contributed by atoms with E-state index in [1.807, 2.05) is 44.2 Å². The van der Waals surface area contributed by atoms with E-state index in [0.29, 0.717) is 11.1 Å². The van der Waals surface area contributed by atoms with E-state index in [9.17, 15) is 19.1 Å². The fourth-order valence-corrected chi connectivity index (χ4v) is 4.86. The Morgan fingerprint density at radius 3 is 2.53 bits per heavy atom. The van der Waals surface area contributed by atoms with Crippen molar-refractivity contribution >= 4 is 5.91 Å². The van der Waals surface area contributed by atoms with Gasteiger partial charge in [-0.05, 0) is 29.7 Å². The maximum atomic E-state index is 15.1. The molecule has 9 heteroatoms. The summed E-state index contributed by atoms with van der Waals surface area (Å²) >= 11 is 0. The van der Waals surface area contributed by atoms with Gasteiger partial charge in [-0.1, -0.05) is 50.3 Å². The fourth-order valence-electron chi connectivity index (χ4n) is 4.86. The van der Waals surface area contributed by atoms with Crippen LogP contribution in [0.25, 0.3) is 0 Å². The number of hydrogen-bond donors (Lipinski definition) is 1. The van der Waals surface area contributed by atoms with E-state index in [0.717, 1.165) is 12.1 Å². The van der Waals surface area contributed by atoms with Crippen LogP contribution in [0, 0.1) is 17.6 Å². The zero-order valence-corrected chi connectivity index (χ0v) is 19.8. The van der Waals surface area contributed by atoms with E-state index in [-0.39, 0.29) is 30.6 Å². The highest BCUT2D eigenvalue weighted by Gasteiger charge is 2.40. The predicted octanol–water partition coefficient (Wildman–Crippen LogP) is 3.95. The van der Waals surface area contributed by atoms with E-state index in [1.54, 1.807) is 22.1 Å². The summed E-state index contributed by atoms with van der Waals surface area (Å²) in [6.45, 7) is 3.88. The lowest BCUT2D eigenvalue weighted by Crippen LogP contribution is -2.58. The molecule has 1 N–H and O–H groups in total. The lowest BCUT2D eigenvalue weighted by atomic mass is 9.96. The molecule has 2 bridgehead atoms. The quantitative estimate of drug-likeness (QED) is 0.548. The van der Waals surface area contributed by atoms with Crippen molar-refractivity contribution < 1.29 is 23.4 Å². The number of halogens is 2. The van der Waals surface area contributed by atoms with Crippen LogP contribution in [0.2, 0.25) is 0 Å². The second-order valence-electron chi connectivity index (χ2n) is 9.14. The number of carbonyl (C=O) groups excluding carboxylic acids is 1. The standard InChI is InChI=1S/C27H25F2N3O4/c1-16(2)20-9-6-14-36-26-18(10-11-19(28)22(26)29)23(17-7-4-3-5-8-17)32-15-30(20)27(35)24-25(34)21(33)12-13-31(24)32/h3-13,16,20,23,34H,14-15H2,1-2H3/b9-6-/t20-,23+/m0/s1. The molecule has 2 atom stereocenters. The second kappa shape index (κ2) is 9.14. The summed E-state index contributed by atoms with van der Waals surface area (Å²) in [5.74, 6) is -3.63. The highest BCUT2D eigenvalue weighted by molar-refractivity contribution is 5.96. The summed E-state index contributed by atoms with van der Waals surface area (Å²) in [5.41, 5.74) is 0.151. The minimum absolute atomic E-state index is 0.0383. The maximum Gasteiger partial charge on any atom is 0.278 e. The van der Waals surface area contributed by atoms with Gasteiger partial charge < -0.3 is 14.7 Å². The molecule has 2 aliphatic rings. The van der Waals surface area contributed by atoms with Crippen LogP contribution in [-0.4, -0.2) is 39.9 Å². The smallest absolute Gasteiger partial charge is 0.278 e. The number of ether oxygens (including phenoxy) is 1. The molecular formula is C27H25F2N3O4. The second-order valence-corrected chi connectivity index (χ2v) is 9.14. The number of nitrogens with zero attached hydrogens (tertiary/aromatic N) is 3. The summed E-state index contributed by atoms with van der Waals surface area (Å²) in [5, 5.41) is 12.4. The summed E-state index contributed by atoms with van der Waals surface area (Å²) in [6.07, 6.45) is 4.84. The summed E-state index contributed by atoms with van der Waals surface area (Å²) < 4.78 is 36.6. The number of rotatable bonds is 2. The molecule has 0 spiro atoms. The van der Waals surface area contributed by atoms with Crippen molar-refractivity contribution in [1.82, 2.24) is 9.58 Å². The van der Waals surface area contributed by atoms with Crippen LogP contribution >= 0.6 is 0 Å². The maximum absolute atomic E-state index is 15.1. The molecule has 36 heavy (non-hydrogen) atoms. The van der Waals surface area contributed by atoms with Crippen molar-refractivity contribution in [2.75, 3.05) is 18.3 Å². The lowest BCUT2D eigenvalue weighted by molar-refractivity contribution is 0.0588. The third-order valence-corrected chi connectivity index (χ3v) is 6.58. The first-order valence-corrected chi connectivity index (χ1v) is 11.6. The number of benzene rings is 2. The van der Waals surface area contributed by atoms with Crippen molar-refractivity contribution in [3.8, 4) is 11.5 Å². The van der Waals surface area contributed by atoms with Crippen LogP contribution in [0.4, 0.5) is 8.78 Å². The van der Waals surface area contributed by atoms with E-state index >= 15 is 4.39 Å². The molecule has 3 aromatic rings. The first-order chi connectivity index (χ1) is 17.3. The zero-order valence-electron chi connectivity index (χ0n) is 19.8. The van der Waals surface area contributed by atoms with Crippen LogP contribution in [0.1, 0.15) is 41.5 Å². The molecule has 2 aromatic carbocycles. The van der Waals surface area contributed by atoms with Gasteiger partial charge in [-0.25, -0.2) is 4.39 Å². The molecule has 0 unspecified atom stereocenters. The van der Waals surface area contributed by atoms with E-state index < -0.39 is 40.8 Å². The van der Waals surface area contributed by atoms with Crippen molar-refractivity contribution in [3.05, 3.63) is 106 Å². The molecule has 2 aliphatic heterocycles. The average Bonchev–Trinajstić information content (AvgIpc) is 2.89. The Labute approximate surface area is 206 Å². The molecule has 0 radical (unpaired) electrons. The molecule has 5 rings (SSSR count). The summed E-state index contributed by atoms with van der Waals surface area (Å²) in [6, 6.07) is 11.6. The first kappa shape index (κ1) is 23.6. The zero-order chi connectivity index (χ0) is 25.6. The molecule has 0 saturated carbocycles. The molecule has 0 saturated heterocycles. The molecule has 7 nitrogen and oxygen atoms in total. The van der Waals surface area contributed by atoms with Gasteiger partial charge in [-0.15, -0.1) is 0 Å². The Balaban J connectivity index is 1.85. The van der Waals surface area contributed by atoms with Crippen LogP contribution in [0.15, 0.2) is 71.7 Å². The average molecular weight is 494 g/mol. The van der Waals surface area contributed by atoms with Gasteiger partial charge in [0.1, 0.15) is 19.3 Å². The molecule has 3 heterocycles. The largest absolute Gasteiger partial charge is 0.502 e. The van der Waals surface area contributed by atoms with Gasteiger partial charge in [0.15, 0.2) is 23.0 Å². The minimum Gasteiger partial charge on any atom is -0.502 e. The topological polar surface area (TPSA) is 75.0 Å². The Kier molecular flexibility index (Phi) is 5.99. The summed E-state index contributed by atoms with van der Waals surface area (Å²) in [7, 11) is 0. The van der Waals surface area contributed by atoms with Crippen molar-refractivity contribution in [3.63, 3.8) is 0 Å². The number of amides is 1. The molecule has 0 aliphatic carbocycles. The third kappa shape index (κ3) is 3.80. The number of aromatic hydroxyl groups is 1. The van der Waals surface area contributed by atoms with E-state index in [1.165, 1.54) is 16.9 Å². The minimum atomic E-state index is -1.12. The van der Waals surface area contributed by atoms with Gasteiger partial charge in [0.05, 0.1) is 6.04 Å². The highest BCUT2D eigenvalue weighted by atomic mass is 19.2.